The van der Waals surface area contributed by atoms with E-state index in [0.29, 0.717) is 46.8 Å². The molecule has 0 bridgehead atoms. The minimum Gasteiger partial charge on any atom is -0.455 e. The lowest BCUT2D eigenvalue weighted by Gasteiger charge is -2.13. The predicted octanol–water partition coefficient (Wildman–Crippen LogP) is 6.87. The highest BCUT2D eigenvalue weighted by atomic mass is 19.1. The van der Waals surface area contributed by atoms with Crippen LogP contribution in [0.2, 0.25) is 0 Å². The monoisotopic (exact) mass is 509 g/mol. The van der Waals surface area contributed by atoms with Crippen molar-refractivity contribution in [1.82, 2.24) is 5.43 Å². The highest BCUT2D eigenvalue weighted by Gasteiger charge is 2.28. The third kappa shape index (κ3) is 5.57. The van der Waals surface area contributed by atoms with E-state index in [4.69, 9.17) is 4.42 Å². The molecule has 1 aromatic heterocycles. The van der Waals surface area contributed by atoms with Crippen molar-refractivity contribution in [2.75, 3.05) is 5.32 Å². The summed E-state index contributed by atoms with van der Waals surface area (Å²) in [5.41, 5.74) is 6.83. The SMILES string of the molecule is Cc1c(C(=O)Nc2ccc(N=Nc3ccccc3)cc2)oc2c1/C(=N/NC(=O)c1ccc(F)cc1)CCC2. The molecule has 9 heteroatoms. The van der Waals surface area contributed by atoms with Gasteiger partial charge < -0.3 is 9.73 Å². The number of nitrogens with zero attached hydrogens (tertiary/aromatic N) is 3. The van der Waals surface area contributed by atoms with Crippen LogP contribution < -0.4 is 10.7 Å². The summed E-state index contributed by atoms with van der Waals surface area (Å²) in [7, 11) is 0. The van der Waals surface area contributed by atoms with Gasteiger partial charge in [0.25, 0.3) is 11.8 Å². The highest BCUT2D eigenvalue weighted by Crippen LogP contribution is 2.30. The summed E-state index contributed by atoms with van der Waals surface area (Å²) < 4.78 is 19.1. The van der Waals surface area contributed by atoms with E-state index in [0.717, 1.165) is 17.7 Å². The summed E-state index contributed by atoms with van der Waals surface area (Å²) in [4.78, 5) is 25.5. The van der Waals surface area contributed by atoms with Crippen LogP contribution in [-0.4, -0.2) is 17.5 Å². The van der Waals surface area contributed by atoms with Crippen LogP contribution in [0.5, 0.6) is 0 Å². The molecule has 0 saturated carbocycles. The molecule has 0 radical (unpaired) electrons. The zero-order valence-corrected chi connectivity index (χ0v) is 20.6. The van der Waals surface area contributed by atoms with Crippen molar-refractivity contribution in [3.05, 3.63) is 113 Å². The number of amides is 2. The molecule has 0 aliphatic heterocycles. The number of benzene rings is 3. The van der Waals surface area contributed by atoms with Crippen LogP contribution in [0, 0.1) is 12.7 Å². The van der Waals surface area contributed by atoms with Crippen LogP contribution in [0.15, 0.2) is 98.6 Å². The van der Waals surface area contributed by atoms with Crippen molar-refractivity contribution in [3.8, 4) is 0 Å². The lowest BCUT2D eigenvalue weighted by molar-refractivity contribution is 0.0953. The Balaban J connectivity index is 1.28. The minimum atomic E-state index is -0.449. The lowest BCUT2D eigenvalue weighted by Crippen LogP contribution is -2.22. The number of carbonyl (C=O) groups is 2. The molecular formula is C29H24FN5O3. The Hall–Kier alpha value is -4.92. The van der Waals surface area contributed by atoms with E-state index >= 15 is 0 Å². The maximum Gasteiger partial charge on any atom is 0.291 e. The van der Waals surface area contributed by atoms with E-state index < -0.39 is 11.7 Å². The Morgan fingerprint density at radius 2 is 1.53 bits per heavy atom. The average molecular weight is 510 g/mol. The van der Waals surface area contributed by atoms with E-state index in [-0.39, 0.29) is 11.7 Å². The molecule has 5 rings (SSSR count). The number of azo groups is 1. The van der Waals surface area contributed by atoms with Crippen molar-refractivity contribution in [1.29, 1.82) is 0 Å². The number of rotatable bonds is 6. The Morgan fingerprint density at radius 1 is 0.842 bits per heavy atom. The molecule has 38 heavy (non-hydrogen) atoms. The predicted molar refractivity (Wildman–Crippen MR) is 142 cm³/mol. The summed E-state index contributed by atoms with van der Waals surface area (Å²) in [6, 6.07) is 21.6. The molecule has 4 aromatic rings. The van der Waals surface area contributed by atoms with E-state index in [1.807, 2.05) is 30.3 Å². The van der Waals surface area contributed by atoms with E-state index in [1.54, 1.807) is 31.2 Å². The number of hydrogen-bond acceptors (Lipinski definition) is 6. The Morgan fingerprint density at radius 3 is 2.24 bits per heavy atom. The standard InChI is InChI=1S/C29H24FN5O3/c1-18-26-24(34-35-28(36)19-10-12-20(30)13-11-19)8-5-9-25(26)38-27(18)29(37)31-21-14-16-23(17-15-21)33-32-22-6-3-2-4-7-22/h2-4,6-7,10-17H,5,8-9H2,1H3,(H,31,37)(H,35,36)/b33-32?,34-24+. The largest absolute Gasteiger partial charge is 0.455 e. The molecule has 190 valence electrons. The number of hydrogen-bond donors (Lipinski definition) is 2. The van der Waals surface area contributed by atoms with Crippen LogP contribution in [-0.2, 0) is 6.42 Å². The van der Waals surface area contributed by atoms with Crippen LogP contribution in [0.1, 0.15) is 50.6 Å². The first kappa shape index (κ1) is 24.8. The molecular weight excluding hydrogens is 485 g/mol. The van der Waals surface area contributed by atoms with Gasteiger partial charge in [-0.15, -0.1) is 0 Å². The summed E-state index contributed by atoms with van der Waals surface area (Å²) in [5, 5.41) is 15.6. The minimum absolute atomic E-state index is 0.197. The van der Waals surface area contributed by atoms with Gasteiger partial charge in [0.15, 0.2) is 5.76 Å². The molecule has 1 aliphatic rings. The summed E-state index contributed by atoms with van der Waals surface area (Å²) in [6.45, 7) is 1.80. The summed E-state index contributed by atoms with van der Waals surface area (Å²) in [6.07, 6.45) is 2.05. The van der Waals surface area contributed by atoms with E-state index in [1.165, 1.54) is 24.3 Å². The summed E-state index contributed by atoms with van der Waals surface area (Å²) >= 11 is 0. The molecule has 0 saturated heterocycles. The second-order valence-corrected chi connectivity index (χ2v) is 8.75. The maximum absolute atomic E-state index is 13.1. The summed E-state index contributed by atoms with van der Waals surface area (Å²) in [5.74, 6) is -0.400. The number of halogens is 1. The first-order valence-corrected chi connectivity index (χ1v) is 12.1. The molecule has 8 nitrogen and oxygen atoms in total. The number of aryl methyl sites for hydroxylation is 1. The van der Waals surface area contributed by atoms with Crippen LogP contribution in [0.4, 0.5) is 21.5 Å². The van der Waals surface area contributed by atoms with Gasteiger partial charge in [0.1, 0.15) is 11.6 Å². The van der Waals surface area contributed by atoms with Crippen LogP contribution in [0.25, 0.3) is 0 Å². The zero-order valence-electron chi connectivity index (χ0n) is 20.6. The van der Waals surface area contributed by atoms with E-state index in [9.17, 15) is 14.0 Å². The first-order chi connectivity index (χ1) is 18.5. The number of carbonyl (C=O) groups excluding carboxylic acids is 2. The van der Waals surface area contributed by atoms with Gasteiger partial charge in [0.2, 0.25) is 0 Å². The van der Waals surface area contributed by atoms with Gasteiger partial charge in [-0.3, -0.25) is 9.59 Å². The van der Waals surface area contributed by atoms with Crippen molar-refractivity contribution in [2.45, 2.75) is 26.2 Å². The number of furan rings is 1. The van der Waals surface area contributed by atoms with Gasteiger partial charge in [-0.05, 0) is 80.4 Å². The Labute approximate surface area is 218 Å². The van der Waals surface area contributed by atoms with Gasteiger partial charge in [-0.2, -0.15) is 15.3 Å². The lowest BCUT2D eigenvalue weighted by atomic mass is 9.93. The first-order valence-electron chi connectivity index (χ1n) is 12.1. The fourth-order valence-corrected chi connectivity index (χ4v) is 4.19. The molecule has 0 fully saturated rings. The second-order valence-electron chi connectivity index (χ2n) is 8.75. The van der Waals surface area contributed by atoms with Crippen molar-refractivity contribution < 1.29 is 18.4 Å². The fourth-order valence-electron chi connectivity index (χ4n) is 4.19. The van der Waals surface area contributed by atoms with E-state index in [2.05, 4.69) is 26.1 Å². The van der Waals surface area contributed by atoms with Gasteiger partial charge in [0, 0.05) is 28.8 Å². The molecule has 0 spiro atoms. The topological polar surface area (TPSA) is 108 Å². The second kappa shape index (κ2) is 11.0. The molecule has 0 unspecified atom stereocenters. The molecule has 1 aliphatic carbocycles. The van der Waals surface area contributed by atoms with Gasteiger partial charge in [-0.25, -0.2) is 9.82 Å². The maximum atomic E-state index is 13.1. The van der Waals surface area contributed by atoms with Crippen molar-refractivity contribution >= 4 is 34.6 Å². The number of hydrazone groups is 1. The van der Waals surface area contributed by atoms with Crippen LogP contribution in [0.3, 0.4) is 0 Å². The smallest absolute Gasteiger partial charge is 0.291 e. The highest BCUT2D eigenvalue weighted by molar-refractivity contribution is 6.09. The quantitative estimate of drug-likeness (QED) is 0.219. The third-order valence-corrected chi connectivity index (χ3v) is 6.09. The molecule has 0 atom stereocenters. The number of anilines is 1. The number of nitrogens with one attached hydrogen (secondary N) is 2. The van der Waals surface area contributed by atoms with Gasteiger partial charge >= 0.3 is 0 Å². The van der Waals surface area contributed by atoms with Crippen LogP contribution >= 0.6 is 0 Å². The zero-order chi connectivity index (χ0) is 26.5. The Kier molecular flexibility index (Phi) is 7.17. The van der Waals surface area contributed by atoms with Gasteiger partial charge in [0.05, 0.1) is 17.1 Å². The average Bonchev–Trinajstić information content (AvgIpc) is 3.29. The fraction of sp³-hybridized carbons (Fsp3) is 0.138. The molecule has 2 amide bonds. The third-order valence-electron chi connectivity index (χ3n) is 6.09. The van der Waals surface area contributed by atoms with Crippen molar-refractivity contribution in [2.24, 2.45) is 15.3 Å². The Bertz CT molecular complexity index is 1530. The number of fused-ring (bicyclic) bond motifs is 1. The molecule has 3 aromatic carbocycles. The molecule has 1 heterocycles. The van der Waals surface area contributed by atoms with Gasteiger partial charge in [-0.1, -0.05) is 18.2 Å². The molecule has 2 N–H and O–H groups in total. The van der Waals surface area contributed by atoms with Crippen molar-refractivity contribution in [3.63, 3.8) is 0 Å². The normalized spacial score (nSPS) is 13.9.